The van der Waals surface area contributed by atoms with Crippen molar-refractivity contribution in [1.29, 1.82) is 0 Å². The van der Waals surface area contributed by atoms with Gasteiger partial charge in [0.15, 0.2) is 4.90 Å². The summed E-state index contributed by atoms with van der Waals surface area (Å²) in [6, 6.07) is 16.8. The third kappa shape index (κ3) is 6.45. The molecule has 3 aromatic rings. The van der Waals surface area contributed by atoms with Crippen LogP contribution in [-0.2, 0) is 14.8 Å². The van der Waals surface area contributed by atoms with Gasteiger partial charge in [0.2, 0.25) is 0 Å². The molecule has 0 radical (unpaired) electrons. The topological polar surface area (TPSA) is 140 Å². The van der Waals surface area contributed by atoms with E-state index in [1.165, 1.54) is 50.8 Å². The maximum atomic E-state index is 13.7. The molecule has 0 heterocycles. The molecule has 0 spiro atoms. The van der Waals surface area contributed by atoms with Gasteiger partial charge in [-0.3, -0.25) is 19.2 Å². The van der Waals surface area contributed by atoms with Gasteiger partial charge in [-0.25, -0.2) is 13.8 Å². The zero-order chi connectivity index (χ0) is 27.9. The van der Waals surface area contributed by atoms with E-state index < -0.39 is 38.0 Å². The van der Waals surface area contributed by atoms with Crippen LogP contribution in [0.1, 0.15) is 30.9 Å². The van der Waals surface area contributed by atoms with Crippen molar-refractivity contribution in [3.05, 3.63) is 88.0 Å². The van der Waals surface area contributed by atoms with Crippen LogP contribution in [0.3, 0.4) is 0 Å². The number of nitro benzene ring substituents is 1. The number of sulfonamides is 1. The Balaban J connectivity index is 1.96. The van der Waals surface area contributed by atoms with Gasteiger partial charge in [0.25, 0.3) is 21.6 Å². The lowest BCUT2D eigenvalue weighted by Gasteiger charge is -2.25. The van der Waals surface area contributed by atoms with Gasteiger partial charge >= 0.3 is 0 Å². The lowest BCUT2D eigenvalue weighted by molar-refractivity contribution is -0.387. The number of benzene rings is 3. The molecule has 200 valence electrons. The third-order valence-corrected chi connectivity index (χ3v) is 7.39. The number of ether oxygens (including phenoxy) is 2. The molecule has 0 saturated carbocycles. The van der Waals surface area contributed by atoms with Gasteiger partial charge < -0.3 is 9.47 Å². The number of anilines is 1. The molecule has 0 unspecified atom stereocenters. The van der Waals surface area contributed by atoms with Crippen LogP contribution in [0.5, 0.6) is 11.5 Å². The maximum Gasteiger partial charge on any atom is 0.289 e. The molecule has 0 aliphatic carbocycles. The molecule has 11 nitrogen and oxygen atoms in total. The molecular weight excluding hydrogens is 512 g/mol. The first-order valence-electron chi connectivity index (χ1n) is 11.5. The Morgan fingerprint density at radius 3 is 2.37 bits per heavy atom. The van der Waals surface area contributed by atoms with E-state index in [0.29, 0.717) is 11.7 Å². The molecule has 0 bridgehead atoms. The number of hydrogen-bond acceptors (Lipinski definition) is 8. The van der Waals surface area contributed by atoms with Crippen LogP contribution in [0.15, 0.2) is 76.7 Å². The molecule has 38 heavy (non-hydrogen) atoms. The van der Waals surface area contributed by atoms with E-state index in [2.05, 4.69) is 24.4 Å². The second-order valence-corrected chi connectivity index (χ2v) is 10.2. The number of hydrogen-bond donors (Lipinski definition) is 1. The quantitative estimate of drug-likeness (QED) is 0.219. The highest BCUT2D eigenvalue weighted by molar-refractivity contribution is 7.93. The standard InChI is InChI=1S/C26H28N4O7S/c1-18(2)20-11-9-19(10-12-20)16-27-28-26(31)17-29(22-14-13-21(36-3)15-24(22)37-4)38(34,35)25-8-6-5-7-23(25)30(32)33/h5-16,18H,17H2,1-4H3,(H,28,31)/b27-16-. The van der Waals surface area contributed by atoms with Gasteiger partial charge in [-0.15, -0.1) is 0 Å². The fraction of sp³-hybridized carbons (Fsp3) is 0.231. The van der Waals surface area contributed by atoms with Crippen molar-refractivity contribution in [3.8, 4) is 11.5 Å². The number of nitrogens with zero attached hydrogens (tertiary/aromatic N) is 3. The molecule has 12 heteroatoms. The Bertz CT molecular complexity index is 1440. The molecule has 3 aromatic carbocycles. The summed E-state index contributed by atoms with van der Waals surface area (Å²) in [6.45, 7) is 3.41. The summed E-state index contributed by atoms with van der Waals surface area (Å²) < 4.78 is 38.7. The molecule has 3 rings (SSSR count). The lowest BCUT2D eigenvalue weighted by Crippen LogP contribution is -2.40. The zero-order valence-electron chi connectivity index (χ0n) is 21.3. The summed E-state index contributed by atoms with van der Waals surface area (Å²) >= 11 is 0. The summed E-state index contributed by atoms with van der Waals surface area (Å²) in [4.78, 5) is 23.0. The summed E-state index contributed by atoms with van der Waals surface area (Å²) in [5.41, 5.74) is 3.55. The highest BCUT2D eigenvalue weighted by atomic mass is 32.2. The average molecular weight is 541 g/mol. The minimum Gasteiger partial charge on any atom is -0.497 e. The van der Waals surface area contributed by atoms with E-state index in [-0.39, 0.29) is 11.4 Å². The molecule has 0 aliphatic heterocycles. The van der Waals surface area contributed by atoms with Gasteiger partial charge in [-0.2, -0.15) is 5.10 Å². The predicted molar refractivity (Wildman–Crippen MR) is 143 cm³/mol. The lowest BCUT2D eigenvalue weighted by atomic mass is 10.0. The van der Waals surface area contributed by atoms with Gasteiger partial charge in [0.1, 0.15) is 18.0 Å². The predicted octanol–water partition coefficient (Wildman–Crippen LogP) is 4.08. The van der Waals surface area contributed by atoms with Crippen molar-refractivity contribution < 1.29 is 27.6 Å². The van der Waals surface area contributed by atoms with E-state index in [1.807, 2.05) is 24.3 Å². The van der Waals surface area contributed by atoms with Gasteiger partial charge in [-0.05, 0) is 35.2 Å². The number of para-hydroxylation sites is 1. The second-order valence-electron chi connectivity index (χ2n) is 8.39. The molecular formula is C26H28N4O7S. The smallest absolute Gasteiger partial charge is 0.289 e. The number of hydrazone groups is 1. The third-order valence-electron chi connectivity index (χ3n) is 5.58. The second kappa shape index (κ2) is 12.2. The number of amides is 1. The van der Waals surface area contributed by atoms with Crippen molar-refractivity contribution in [2.24, 2.45) is 5.10 Å². The van der Waals surface area contributed by atoms with E-state index in [9.17, 15) is 23.3 Å². The van der Waals surface area contributed by atoms with E-state index >= 15 is 0 Å². The normalized spacial score (nSPS) is 11.4. The first kappa shape index (κ1) is 28.1. The molecule has 1 N–H and O–H groups in total. The molecule has 0 fully saturated rings. The fourth-order valence-electron chi connectivity index (χ4n) is 3.55. The van der Waals surface area contributed by atoms with Crippen LogP contribution in [-0.4, -0.2) is 46.2 Å². The van der Waals surface area contributed by atoms with Crippen LogP contribution in [0.4, 0.5) is 11.4 Å². The van der Waals surface area contributed by atoms with Crippen molar-refractivity contribution in [1.82, 2.24) is 5.43 Å². The highest BCUT2D eigenvalue weighted by Gasteiger charge is 2.34. The summed E-state index contributed by atoms with van der Waals surface area (Å²) in [6.07, 6.45) is 1.43. The van der Waals surface area contributed by atoms with Crippen LogP contribution in [0.25, 0.3) is 0 Å². The number of carbonyl (C=O) groups is 1. The van der Waals surface area contributed by atoms with Gasteiger partial charge in [0.05, 0.1) is 31.0 Å². The van der Waals surface area contributed by atoms with Gasteiger partial charge in [-0.1, -0.05) is 50.2 Å². The van der Waals surface area contributed by atoms with Crippen LogP contribution in [0.2, 0.25) is 0 Å². The van der Waals surface area contributed by atoms with E-state index in [4.69, 9.17) is 9.47 Å². The minimum absolute atomic E-state index is 0.0187. The highest BCUT2D eigenvalue weighted by Crippen LogP contribution is 2.37. The molecule has 0 aromatic heterocycles. The Hall–Kier alpha value is -4.45. The Kier molecular flexibility index (Phi) is 9.02. The number of carbonyl (C=O) groups excluding carboxylic acids is 1. The number of methoxy groups -OCH3 is 2. The first-order valence-corrected chi connectivity index (χ1v) is 12.9. The van der Waals surface area contributed by atoms with Crippen LogP contribution >= 0.6 is 0 Å². The average Bonchev–Trinajstić information content (AvgIpc) is 2.91. The molecule has 0 aliphatic rings. The maximum absolute atomic E-state index is 13.7. The monoisotopic (exact) mass is 540 g/mol. The van der Waals surface area contributed by atoms with Crippen molar-refractivity contribution in [2.75, 3.05) is 25.1 Å². The number of nitrogens with one attached hydrogen (secondary N) is 1. The fourth-order valence-corrected chi connectivity index (χ4v) is 5.14. The van der Waals surface area contributed by atoms with Crippen LogP contribution < -0.4 is 19.2 Å². The summed E-state index contributed by atoms with van der Waals surface area (Å²) in [5.74, 6) is 0.0447. The van der Waals surface area contributed by atoms with Gasteiger partial charge in [0, 0.05) is 12.1 Å². The number of rotatable bonds is 11. The largest absolute Gasteiger partial charge is 0.497 e. The van der Waals surface area contributed by atoms with Crippen LogP contribution in [0, 0.1) is 10.1 Å². The number of nitro groups is 1. The molecule has 0 atom stereocenters. The summed E-state index contributed by atoms with van der Waals surface area (Å²) in [5, 5.41) is 15.5. The summed E-state index contributed by atoms with van der Waals surface area (Å²) in [7, 11) is -1.86. The van der Waals surface area contributed by atoms with Crippen molar-refractivity contribution in [3.63, 3.8) is 0 Å². The van der Waals surface area contributed by atoms with Crippen molar-refractivity contribution >= 4 is 33.5 Å². The van der Waals surface area contributed by atoms with Crippen molar-refractivity contribution in [2.45, 2.75) is 24.7 Å². The zero-order valence-corrected chi connectivity index (χ0v) is 22.1. The van der Waals surface area contributed by atoms with E-state index in [1.54, 1.807) is 0 Å². The Morgan fingerprint density at radius 1 is 1.08 bits per heavy atom. The molecule has 1 amide bonds. The SMILES string of the molecule is COc1ccc(N(CC(=O)N/N=C\c2ccc(C(C)C)cc2)S(=O)(=O)c2ccccc2[N+](=O)[O-])c(OC)c1. The molecule has 0 saturated heterocycles. The Labute approximate surface area is 220 Å². The first-order chi connectivity index (χ1) is 18.1. The van der Waals surface area contributed by atoms with E-state index in [0.717, 1.165) is 27.6 Å². The minimum atomic E-state index is -4.61. The Morgan fingerprint density at radius 2 is 1.76 bits per heavy atom.